The molecule has 7 heteroatoms. The van der Waals surface area contributed by atoms with Gasteiger partial charge in [-0.1, -0.05) is 67.3 Å². The monoisotopic (exact) mass is 528 g/mol. The number of hydrogen-bond acceptors (Lipinski definition) is 4. The van der Waals surface area contributed by atoms with Crippen molar-refractivity contribution in [2.45, 2.75) is 69.1 Å². The molecule has 4 rings (SSSR count). The van der Waals surface area contributed by atoms with Gasteiger partial charge in [0.05, 0.1) is 10.6 Å². The lowest BCUT2D eigenvalue weighted by Gasteiger charge is -2.43. The molecule has 0 amide bonds. The van der Waals surface area contributed by atoms with Gasteiger partial charge in [-0.15, -0.1) is 24.8 Å². The third-order valence-electron chi connectivity index (χ3n) is 7.32. The summed E-state index contributed by atoms with van der Waals surface area (Å²) in [5, 5.41) is 15.8. The number of ether oxygens (including phenoxy) is 1. The Kier molecular flexibility index (Phi) is 12.0. The summed E-state index contributed by atoms with van der Waals surface area (Å²) >= 11 is 6.68. The van der Waals surface area contributed by atoms with Crippen molar-refractivity contribution in [1.29, 1.82) is 0 Å². The second-order valence-electron chi connectivity index (χ2n) is 9.57. The van der Waals surface area contributed by atoms with Crippen LogP contribution in [0.5, 0.6) is 5.75 Å². The first-order chi connectivity index (χ1) is 15.6. The molecule has 0 spiro atoms. The third-order valence-corrected chi connectivity index (χ3v) is 7.61. The normalized spacial score (nSPS) is 21.1. The number of benzene rings is 2. The lowest BCUT2D eigenvalue weighted by molar-refractivity contribution is -0.0329. The zero-order valence-corrected chi connectivity index (χ0v) is 22.4. The van der Waals surface area contributed by atoms with Crippen LogP contribution in [0.15, 0.2) is 48.5 Å². The second-order valence-corrected chi connectivity index (χ2v) is 9.98. The fraction of sp³-hybridized carbons (Fsp3) is 0.556. The Labute approximate surface area is 222 Å². The first kappa shape index (κ1) is 29.2. The number of piperidine rings is 1. The molecule has 0 aromatic heterocycles. The van der Waals surface area contributed by atoms with Gasteiger partial charge in [-0.3, -0.25) is 0 Å². The quantitative estimate of drug-likeness (QED) is 0.426. The van der Waals surface area contributed by atoms with E-state index in [2.05, 4.69) is 16.3 Å². The van der Waals surface area contributed by atoms with E-state index in [1.54, 1.807) is 0 Å². The average molecular weight is 530 g/mol. The highest BCUT2D eigenvalue weighted by Gasteiger charge is 2.40. The van der Waals surface area contributed by atoms with Crippen LogP contribution < -0.4 is 10.1 Å². The standard InChI is InChI=1S/C27H37ClN2O2.2ClH/c1-29-23-11-8-16-30(18-23)19-24(27(31)14-6-3-7-15-27)22-12-13-26(25(28)17-22)32-20-21-9-4-2-5-10-21;;/h2,4-5,9-10,12-13,17,23-24,29,31H,3,6-8,11,14-16,18-20H2,1H3;2*1H/t23-,24?;;/m0../s1. The van der Waals surface area contributed by atoms with Crippen LogP contribution in [0.3, 0.4) is 0 Å². The minimum absolute atomic E-state index is 0. The number of nitrogens with zero attached hydrogens (tertiary/aromatic N) is 1. The summed E-state index contributed by atoms with van der Waals surface area (Å²) in [5.74, 6) is 0.751. The first-order valence-corrected chi connectivity index (χ1v) is 12.5. The van der Waals surface area contributed by atoms with E-state index >= 15 is 0 Å². The summed E-state index contributed by atoms with van der Waals surface area (Å²) in [6.07, 6.45) is 7.56. The summed E-state index contributed by atoms with van der Waals surface area (Å²) in [6, 6.07) is 16.8. The van der Waals surface area contributed by atoms with E-state index < -0.39 is 5.60 Å². The molecule has 2 N–H and O–H groups in total. The molecule has 190 valence electrons. The summed E-state index contributed by atoms with van der Waals surface area (Å²) < 4.78 is 5.99. The predicted molar refractivity (Wildman–Crippen MR) is 146 cm³/mol. The van der Waals surface area contributed by atoms with Crippen LogP contribution in [0.2, 0.25) is 5.02 Å². The van der Waals surface area contributed by atoms with Crippen LogP contribution in [0.25, 0.3) is 0 Å². The molecule has 2 aromatic carbocycles. The number of nitrogens with one attached hydrogen (secondary N) is 1. The summed E-state index contributed by atoms with van der Waals surface area (Å²) in [6.45, 7) is 3.49. The van der Waals surface area contributed by atoms with Crippen molar-refractivity contribution in [2.24, 2.45) is 0 Å². The van der Waals surface area contributed by atoms with E-state index in [1.807, 2.05) is 49.5 Å². The van der Waals surface area contributed by atoms with E-state index in [9.17, 15) is 5.11 Å². The maximum absolute atomic E-state index is 11.7. The molecule has 0 radical (unpaired) electrons. The largest absolute Gasteiger partial charge is 0.487 e. The zero-order chi connectivity index (χ0) is 22.4. The number of aliphatic hydroxyl groups is 1. The Morgan fingerprint density at radius 3 is 2.50 bits per heavy atom. The van der Waals surface area contributed by atoms with E-state index in [0.717, 1.165) is 56.4 Å². The molecule has 0 bridgehead atoms. The highest BCUT2D eigenvalue weighted by Crippen LogP contribution is 2.42. The average Bonchev–Trinajstić information content (AvgIpc) is 2.83. The molecule has 2 aliphatic rings. The van der Waals surface area contributed by atoms with Crippen molar-refractivity contribution in [3.8, 4) is 5.75 Å². The molecule has 1 heterocycles. The summed E-state index contributed by atoms with van der Waals surface area (Å²) in [4.78, 5) is 2.52. The van der Waals surface area contributed by atoms with Crippen LogP contribution >= 0.6 is 36.4 Å². The minimum Gasteiger partial charge on any atom is -0.487 e. The molecule has 1 saturated carbocycles. The maximum Gasteiger partial charge on any atom is 0.138 e. The summed E-state index contributed by atoms with van der Waals surface area (Å²) in [5.41, 5.74) is 1.57. The van der Waals surface area contributed by atoms with Crippen LogP contribution in [0, 0.1) is 0 Å². The Bertz CT molecular complexity index is 862. The Morgan fingerprint density at radius 2 is 1.82 bits per heavy atom. The molecule has 2 fully saturated rings. The van der Waals surface area contributed by atoms with Crippen LogP contribution in [-0.4, -0.2) is 48.3 Å². The van der Waals surface area contributed by atoms with Gasteiger partial charge in [-0.25, -0.2) is 0 Å². The first-order valence-electron chi connectivity index (χ1n) is 12.2. The van der Waals surface area contributed by atoms with E-state index in [1.165, 1.54) is 19.3 Å². The van der Waals surface area contributed by atoms with Crippen LogP contribution in [-0.2, 0) is 6.61 Å². The molecule has 1 unspecified atom stereocenters. The number of likely N-dealkylation sites (N-methyl/N-ethyl adjacent to an activating group) is 1. The third kappa shape index (κ3) is 7.49. The zero-order valence-electron chi connectivity index (χ0n) is 20.0. The van der Waals surface area contributed by atoms with Crippen molar-refractivity contribution in [3.05, 3.63) is 64.7 Å². The highest BCUT2D eigenvalue weighted by molar-refractivity contribution is 6.32. The Hall–Kier alpha value is -1.01. The number of rotatable bonds is 8. The lowest BCUT2D eigenvalue weighted by atomic mass is 9.72. The van der Waals surface area contributed by atoms with Gasteiger partial charge in [-0.05, 0) is 62.5 Å². The van der Waals surface area contributed by atoms with Crippen molar-refractivity contribution >= 4 is 36.4 Å². The Morgan fingerprint density at radius 1 is 1.09 bits per heavy atom. The molecule has 4 nitrogen and oxygen atoms in total. The molecular formula is C27H39Cl3N2O2. The van der Waals surface area contributed by atoms with E-state index in [0.29, 0.717) is 23.4 Å². The number of halogens is 3. The summed E-state index contributed by atoms with van der Waals surface area (Å²) in [7, 11) is 2.05. The van der Waals surface area contributed by atoms with Crippen molar-refractivity contribution < 1.29 is 9.84 Å². The second kappa shape index (κ2) is 13.9. The van der Waals surface area contributed by atoms with Gasteiger partial charge < -0.3 is 20.1 Å². The van der Waals surface area contributed by atoms with Gasteiger partial charge in [0, 0.05) is 25.0 Å². The predicted octanol–water partition coefficient (Wildman–Crippen LogP) is 6.23. The maximum atomic E-state index is 11.7. The number of likely N-dealkylation sites (tertiary alicyclic amines) is 1. The smallest absolute Gasteiger partial charge is 0.138 e. The highest BCUT2D eigenvalue weighted by atomic mass is 35.5. The lowest BCUT2D eigenvalue weighted by Crippen LogP contribution is -2.49. The molecular weight excluding hydrogens is 491 g/mol. The van der Waals surface area contributed by atoms with Crippen molar-refractivity contribution in [2.75, 3.05) is 26.7 Å². The van der Waals surface area contributed by atoms with Gasteiger partial charge >= 0.3 is 0 Å². The SMILES string of the molecule is CN[C@H]1CCCN(CC(c2ccc(OCc3ccccc3)c(Cl)c2)C2(O)CCCCC2)C1.Cl.Cl. The molecule has 1 aliphatic carbocycles. The molecule has 1 aliphatic heterocycles. The van der Waals surface area contributed by atoms with Crippen molar-refractivity contribution in [3.63, 3.8) is 0 Å². The van der Waals surface area contributed by atoms with Crippen LogP contribution in [0.1, 0.15) is 62.0 Å². The topological polar surface area (TPSA) is 44.7 Å². The fourth-order valence-electron chi connectivity index (χ4n) is 5.40. The fourth-order valence-corrected chi connectivity index (χ4v) is 5.64. The van der Waals surface area contributed by atoms with Gasteiger partial charge in [0.1, 0.15) is 12.4 Å². The molecule has 1 saturated heterocycles. The van der Waals surface area contributed by atoms with Crippen LogP contribution in [0.4, 0.5) is 0 Å². The Balaban J connectivity index is 0.00000204. The molecule has 34 heavy (non-hydrogen) atoms. The van der Waals surface area contributed by atoms with E-state index in [4.69, 9.17) is 16.3 Å². The van der Waals surface area contributed by atoms with Crippen molar-refractivity contribution in [1.82, 2.24) is 10.2 Å². The van der Waals surface area contributed by atoms with Gasteiger partial charge in [0.15, 0.2) is 0 Å². The minimum atomic E-state index is -0.666. The van der Waals surface area contributed by atoms with Gasteiger partial charge in [-0.2, -0.15) is 0 Å². The van der Waals surface area contributed by atoms with Gasteiger partial charge in [0.25, 0.3) is 0 Å². The van der Waals surface area contributed by atoms with Gasteiger partial charge in [0.2, 0.25) is 0 Å². The molecule has 2 atom stereocenters. The van der Waals surface area contributed by atoms with E-state index in [-0.39, 0.29) is 30.7 Å². The molecule has 2 aromatic rings. The number of hydrogen-bond donors (Lipinski definition) is 2.